The number of aryl methyl sites for hydroxylation is 1. The number of carbonyl (C=O) groups is 1. The maximum absolute atomic E-state index is 11.9. The van der Waals surface area contributed by atoms with Gasteiger partial charge in [0.15, 0.2) is 6.61 Å². The highest BCUT2D eigenvalue weighted by Gasteiger charge is 2.07. The second kappa shape index (κ2) is 5.66. The van der Waals surface area contributed by atoms with Crippen molar-refractivity contribution >= 4 is 22.5 Å². The summed E-state index contributed by atoms with van der Waals surface area (Å²) in [5.74, 6) is 0.491. The van der Waals surface area contributed by atoms with Gasteiger partial charge in [-0.15, -0.1) is 0 Å². The van der Waals surface area contributed by atoms with Crippen LogP contribution in [0.4, 0.5) is 5.69 Å². The predicted octanol–water partition coefficient (Wildman–Crippen LogP) is 2.59. The van der Waals surface area contributed by atoms with Crippen molar-refractivity contribution in [3.05, 3.63) is 55.0 Å². The Morgan fingerprint density at radius 3 is 3.00 bits per heavy atom. The molecular formula is C16H15N3O2. The fourth-order valence-corrected chi connectivity index (χ4v) is 2.18. The number of anilines is 1. The van der Waals surface area contributed by atoms with Gasteiger partial charge in [0.05, 0.1) is 17.4 Å². The molecule has 2 heterocycles. The summed E-state index contributed by atoms with van der Waals surface area (Å²) in [7, 11) is 1.97. The molecule has 0 atom stereocenters. The van der Waals surface area contributed by atoms with E-state index in [2.05, 4.69) is 10.3 Å². The fraction of sp³-hybridized carbons (Fsp3) is 0.125. The molecule has 0 fully saturated rings. The summed E-state index contributed by atoms with van der Waals surface area (Å²) in [4.78, 5) is 15.8. The van der Waals surface area contributed by atoms with Gasteiger partial charge in [-0.25, -0.2) is 0 Å². The van der Waals surface area contributed by atoms with E-state index in [9.17, 15) is 4.79 Å². The average Bonchev–Trinajstić information content (AvgIpc) is 2.88. The minimum Gasteiger partial charge on any atom is -0.483 e. The average molecular weight is 281 g/mol. The van der Waals surface area contributed by atoms with Crippen molar-refractivity contribution in [3.63, 3.8) is 0 Å². The second-order valence-corrected chi connectivity index (χ2v) is 4.69. The van der Waals surface area contributed by atoms with E-state index in [1.54, 1.807) is 24.5 Å². The molecular weight excluding hydrogens is 266 g/mol. The molecule has 21 heavy (non-hydrogen) atoms. The van der Waals surface area contributed by atoms with E-state index >= 15 is 0 Å². The third-order valence-electron chi connectivity index (χ3n) is 3.19. The van der Waals surface area contributed by atoms with Crippen LogP contribution < -0.4 is 10.1 Å². The lowest BCUT2D eigenvalue weighted by atomic mass is 10.2. The Labute approximate surface area is 122 Å². The van der Waals surface area contributed by atoms with E-state index in [4.69, 9.17) is 4.74 Å². The zero-order valence-electron chi connectivity index (χ0n) is 11.6. The number of benzene rings is 1. The van der Waals surface area contributed by atoms with E-state index in [0.29, 0.717) is 11.4 Å². The largest absolute Gasteiger partial charge is 0.483 e. The summed E-state index contributed by atoms with van der Waals surface area (Å²) in [5, 5.41) is 3.73. The molecule has 0 saturated carbocycles. The molecule has 5 heteroatoms. The predicted molar refractivity (Wildman–Crippen MR) is 81.3 cm³/mol. The molecule has 2 aromatic heterocycles. The maximum Gasteiger partial charge on any atom is 0.262 e. The van der Waals surface area contributed by atoms with Crippen molar-refractivity contribution < 1.29 is 9.53 Å². The normalized spacial score (nSPS) is 10.5. The first-order chi connectivity index (χ1) is 10.2. The first kappa shape index (κ1) is 13.2. The lowest BCUT2D eigenvalue weighted by Gasteiger charge is -2.08. The molecule has 106 valence electrons. The van der Waals surface area contributed by atoms with Crippen LogP contribution in [-0.2, 0) is 11.8 Å². The molecule has 5 nitrogen and oxygen atoms in total. The van der Waals surface area contributed by atoms with Gasteiger partial charge in [-0.05, 0) is 30.3 Å². The summed E-state index contributed by atoms with van der Waals surface area (Å²) in [6, 6.07) is 11.3. The lowest BCUT2D eigenvalue weighted by molar-refractivity contribution is -0.118. The minimum absolute atomic E-state index is 0.0388. The molecule has 1 amide bonds. The van der Waals surface area contributed by atoms with Gasteiger partial charge in [-0.1, -0.05) is 6.07 Å². The first-order valence-electron chi connectivity index (χ1n) is 6.61. The Morgan fingerprint density at radius 1 is 1.29 bits per heavy atom. The Morgan fingerprint density at radius 2 is 2.19 bits per heavy atom. The summed E-state index contributed by atoms with van der Waals surface area (Å²) in [6.07, 6.45) is 5.21. The van der Waals surface area contributed by atoms with Gasteiger partial charge in [0.1, 0.15) is 5.75 Å². The summed E-state index contributed by atoms with van der Waals surface area (Å²) in [5.41, 5.74) is 1.73. The topological polar surface area (TPSA) is 56.1 Å². The van der Waals surface area contributed by atoms with E-state index in [-0.39, 0.29) is 12.5 Å². The number of ether oxygens (including phenoxy) is 1. The number of aromatic nitrogens is 2. The van der Waals surface area contributed by atoms with Gasteiger partial charge >= 0.3 is 0 Å². The molecule has 0 spiro atoms. The minimum atomic E-state index is -0.212. The molecule has 0 saturated heterocycles. The summed E-state index contributed by atoms with van der Waals surface area (Å²) >= 11 is 0. The number of hydrogen-bond acceptors (Lipinski definition) is 3. The van der Waals surface area contributed by atoms with Gasteiger partial charge < -0.3 is 14.6 Å². The third kappa shape index (κ3) is 2.86. The Hall–Kier alpha value is -2.82. The van der Waals surface area contributed by atoms with Crippen molar-refractivity contribution in [1.29, 1.82) is 0 Å². The van der Waals surface area contributed by atoms with Crippen LogP contribution in [0, 0.1) is 0 Å². The van der Waals surface area contributed by atoms with Gasteiger partial charge in [0.25, 0.3) is 5.91 Å². The molecule has 1 N–H and O–H groups in total. The van der Waals surface area contributed by atoms with Crippen LogP contribution in [0.25, 0.3) is 10.9 Å². The van der Waals surface area contributed by atoms with Gasteiger partial charge in [0, 0.05) is 24.8 Å². The maximum atomic E-state index is 11.9. The molecule has 3 aromatic rings. The van der Waals surface area contributed by atoms with Crippen LogP contribution in [0.1, 0.15) is 0 Å². The molecule has 1 aromatic carbocycles. The number of pyridine rings is 1. The Kier molecular flexibility index (Phi) is 3.55. The van der Waals surface area contributed by atoms with Crippen molar-refractivity contribution in [2.24, 2.45) is 7.05 Å². The van der Waals surface area contributed by atoms with Gasteiger partial charge in [-0.2, -0.15) is 0 Å². The van der Waals surface area contributed by atoms with Crippen LogP contribution in [0.15, 0.2) is 55.0 Å². The highest BCUT2D eigenvalue weighted by Crippen LogP contribution is 2.25. The summed E-state index contributed by atoms with van der Waals surface area (Å²) in [6.45, 7) is -0.0388. The number of rotatable bonds is 4. The number of carbonyl (C=O) groups excluding carboxylic acids is 1. The molecule has 3 rings (SSSR count). The van der Waals surface area contributed by atoms with Crippen LogP contribution in [-0.4, -0.2) is 22.1 Å². The number of hydrogen-bond donors (Lipinski definition) is 1. The monoisotopic (exact) mass is 281 g/mol. The van der Waals surface area contributed by atoms with E-state index in [1.165, 1.54) is 0 Å². The number of nitrogens with zero attached hydrogens (tertiary/aromatic N) is 2. The molecule has 0 aliphatic heterocycles. The van der Waals surface area contributed by atoms with E-state index in [0.717, 1.165) is 10.9 Å². The van der Waals surface area contributed by atoms with Crippen molar-refractivity contribution in [1.82, 2.24) is 9.55 Å². The number of amides is 1. The fourth-order valence-electron chi connectivity index (χ4n) is 2.18. The van der Waals surface area contributed by atoms with Gasteiger partial charge in [-0.3, -0.25) is 9.78 Å². The van der Waals surface area contributed by atoms with Crippen molar-refractivity contribution in [2.45, 2.75) is 0 Å². The van der Waals surface area contributed by atoms with Gasteiger partial charge in [0.2, 0.25) is 0 Å². The first-order valence-corrected chi connectivity index (χ1v) is 6.61. The molecule has 0 unspecified atom stereocenters. The third-order valence-corrected chi connectivity index (χ3v) is 3.19. The quantitative estimate of drug-likeness (QED) is 0.799. The molecule has 0 radical (unpaired) electrons. The SMILES string of the molecule is Cn1ccc2c(OCC(=O)Nc3cccnc3)cccc21. The van der Waals surface area contributed by atoms with Crippen LogP contribution >= 0.6 is 0 Å². The summed E-state index contributed by atoms with van der Waals surface area (Å²) < 4.78 is 7.63. The van der Waals surface area contributed by atoms with Crippen molar-refractivity contribution in [2.75, 3.05) is 11.9 Å². The Bertz CT molecular complexity index is 766. The van der Waals surface area contributed by atoms with E-state index in [1.807, 2.05) is 42.1 Å². The molecule has 0 aliphatic carbocycles. The van der Waals surface area contributed by atoms with Crippen molar-refractivity contribution in [3.8, 4) is 5.75 Å². The zero-order chi connectivity index (χ0) is 14.7. The standard InChI is InChI=1S/C16H15N3O2/c1-19-9-7-13-14(19)5-2-6-15(13)21-11-16(20)18-12-4-3-8-17-10-12/h2-10H,11H2,1H3,(H,18,20). The highest BCUT2D eigenvalue weighted by atomic mass is 16.5. The smallest absolute Gasteiger partial charge is 0.262 e. The number of fused-ring (bicyclic) bond motifs is 1. The molecule has 0 aliphatic rings. The van der Waals surface area contributed by atoms with Crippen LogP contribution in [0.2, 0.25) is 0 Å². The second-order valence-electron chi connectivity index (χ2n) is 4.69. The lowest BCUT2D eigenvalue weighted by Crippen LogP contribution is -2.20. The molecule has 0 bridgehead atoms. The van der Waals surface area contributed by atoms with Crippen LogP contribution in [0.3, 0.4) is 0 Å². The van der Waals surface area contributed by atoms with E-state index < -0.39 is 0 Å². The van der Waals surface area contributed by atoms with Crippen LogP contribution in [0.5, 0.6) is 5.75 Å². The highest BCUT2D eigenvalue weighted by molar-refractivity contribution is 5.92. The zero-order valence-corrected chi connectivity index (χ0v) is 11.6. The Balaban J connectivity index is 1.68. The number of nitrogens with one attached hydrogen (secondary N) is 1.